The molecule has 0 saturated carbocycles. The number of anilines is 4. The van der Waals surface area contributed by atoms with E-state index in [9.17, 15) is 0 Å². The van der Waals surface area contributed by atoms with Gasteiger partial charge in [0.25, 0.3) is 0 Å². The lowest BCUT2D eigenvalue weighted by Crippen LogP contribution is -2.02. The first-order valence-electron chi connectivity index (χ1n) is 7.38. The average molecular weight is 325 g/mol. The van der Waals surface area contributed by atoms with Gasteiger partial charge in [0, 0.05) is 29.6 Å². The SMILES string of the molecule is Cc1cc(Nc2ccc3c(c2)OCO3)nc(Nc2cc(C)on2)n1. The Hall–Kier alpha value is -3.29. The summed E-state index contributed by atoms with van der Waals surface area (Å²) in [5, 5.41) is 10.1. The first-order chi connectivity index (χ1) is 11.7. The lowest BCUT2D eigenvalue weighted by molar-refractivity contribution is 0.174. The Balaban J connectivity index is 1.56. The second-order valence-corrected chi connectivity index (χ2v) is 5.36. The van der Waals surface area contributed by atoms with Gasteiger partial charge in [-0.15, -0.1) is 0 Å². The molecule has 1 aromatic carbocycles. The number of benzene rings is 1. The Morgan fingerprint density at radius 1 is 0.917 bits per heavy atom. The maximum absolute atomic E-state index is 5.38. The zero-order chi connectivity index (χ0) is 16.5. The fourth-order valence-corrected chi connectivity index (χ4v) is 2.35. The molecule has 8 nitrogen and oxygen atoms in total. The molecule has 4 rings (SSSR count). The molecule has 0 unspecified atom stereocenters. The fraction of sp³-hybridized carbons (Fsp3) is 0.188. The third-order valence-corrected chi connectivity index (χ3v) is 3.37. The van der Waals surface area contributed by atoms with Crippen molar-refractivity contribution >= 4 is 23.3 Å². The van der Waals surface area contributed by atoms with E-state index in [4.69, 9.17) is 14.0 Å². The van der Waals surface area contributed by atoms with Crippen molar-refractivity contribution in [3.63, 3.8) is 0 Å². The van der Waals surface area contributed by atoms with E-state index in [-0.39, 0.29) is 6.79 Å². The molecule has 1 aliphatic rings. The topological polar surface area (TPSA) is 94.3 Å². The van der Waals surface area contributed by atoms with Crippen molar-refractivity contribution < 1.29 is 14.0 Å². The zero-order valence-corrected chi connectivity index (χ0v) is 13.2. The summed E-state index contributed by atoms with van der Waals surface area (Å²) in [5.74, 6) is 3.82. The molecular weight excluding hydrogens is 310 g/mol. The maximum Gasteiger partial charge on any atom is 0.231 e. The number of rotatable bonds is 4. The van der Waals surface area contributed by atoms with E-state index >= 15 is 0 Å². The molecule has 0 aliphatic carbocycles. The van der Waals surface area contributed by atoms with Crippen molar-refractivity contribution in [3.8, 4) is 11.5 Å². The van der Waals surface area contributed by atoms with Crippen molar-refractivity contribution in [1.82, 2.24) is 15.1 Å². The van der Waals surface area contributed by atoms with Crippen LogP contribution in [0, 0.1) is 13.8 Å². The Labute approximate surface area is 137 Å². The quantitative estimate of drug-likeness (QED) is 0.754. The van der Waals surface area contributed by atoms with Gasteiger partial charge in [-0.3, -0.25) is 0 Å². The number of ether oxygens (including phenoxy) is 2. The van der Waals surface area contributed by atoms with Crippen LogP contribution < -0.4 is 20.1 Å². The molecule has 1 aliphatic heterocycles. The van der Waals surface area contributed by atoms with E-state index in [0.717, 1.165) is 17.1 Å². The van der Waals surface area contributed by atoms with Crippen LogP contribution in [0.1, 0.15) is 11.5 Å². The fourth-order valence-electron chi connectivity index (χ4n) is 2.35. The van der Waals surface area contributed by atoms with Crippen LogP contribution in [0.5, 0.6) is 11.5 Å². The molecular formula is C16H15N5O3. The minimum atomic E-state index is 0.247. The minimum absolute atomic E-state index is 0.247. The van der Waals surface area contributed by atoms with Gasteiger partial charge >= 0.3 is 0 Å². The molecule has 0 amide bonds. The smallest absolute Gasteiger partial charge is 0.231 e. The van der Waals surface area contributed by atoms with E-state index in [1.165, 1.54) is 0 Å². The number of fused-ring (bicyclic) bond motifs is 1. The predicted octanol–water partition coefficient (Wildman–Crippen LogP) is 3.30. The monoisotopic (exact) mass is 325 g/mol. The summed E-state index contributed by atoms with van der Waals surface area (Å²) in [6.45, 7) is 3.96. The molecule has 0 spiro atoms. The van der Waals surface area contributed by atoms with Gasteiger partial charge < -0.3 is 24.6 Å². The molecule has 3 aromatic rings. The number of aromatic nitrogens is 3. The summed E-state index contributed by atoms with van der Waals surface area (Å²) in [4.78, 5) is 8.79. The number of nitrogens with one attached hydrogen (secondary N) is 2. The average Bonchev–Trinajstić information content (AvgIpc) is 3.15. The standard InChI is InChI=1S/C16H15N5O3/c1-9-5-14(18-11-3-4-12-13(7-11)23-8-22-12)19-16(17-9)20-15-6-10(2)24-21-15/h3-7H,8H2,1-2H3,(H2,17,18,19,20,21). The van der Waals surface area contributed by atoms with Gasteiger partial charge in [0.1, 0.15) is 11.6 Å². The molecule has 0 atom stereocenters. The third-order valence-electron chi connectivity index (χ3n) is 3.37. The van der Waals surface area contributed by atoms with Crippen molar-refractivity contribution in [1.29, 1.82) is 0 Å². The lowest BCUT2D eigenvalue weighted by atomic mass is 10.2. The zero-order valence-electron chi connectivity index (χ0n) is 13.2. The van der Waals surface area contributed by atoms with Gasteiger partial charge in [-0.1, -0.05) is 5.16 Å². The Morgan fingerprint density at radius 2 is 1.79 bits per heavy atom. The highest BCUT2D eigenvalue weighted by Crippen LogP contribution is 2.35. The summed E-state index contributed by atoms with van der Waals surface area (Å²) < 4.78 is 15.7. The molecule has 2 N–H and O–H groups in total. The van der Waals surface area contributed by atoms with Crippen LogP contribution in [0.2, 0.25) is 0 Å². The van der Waals surface area contributed by atoms with E-state index in [1.54, 1.807) is 6.07 Å². The third kappa shape index (κ3) is 2.94. The second kappa shape index (κ2) is 5.73. The van der Waals surface area contributed by atoms with Crippen LogP contribution in [0.25, 0.3) is 0 Å². The normalized spacial score (nSPS) is 12.2. The van der Waals surface area contributed by atoms with E-state index in [2.05, 4.69) is 25.8 Å². The summed E-state index contributed by atoms with van der Waals surface area (Å²) in [5.41, 5.74) is 1.66. The molecule has 3 heterocycles. The number of hydrogen-bond acceptors (Lipinski definition) is 8. The minimum Gasteiger partial charge on any atom is -0.454 e. The van der Waals surface area contributed by atoms with E-state index in [0.29, 0.717) is 29.1 Å². The van der Waals surface area contributed by atoms with Crippen molar-refractivity contribution in [2.75, 3.05) is 17.4 Å². The van der Waals surface area contributed by atoms with E-state index < -0.39 is 0 Å². The number of aryl methyl sites for hydroxylation is 2. The largest absolute Gasteiger partial charge is 0.454 e. The highest BCUT2D eigenvalue weighted by Gasteiger charge is 2.13. The molecule has 8 heteroatoms. The van der Waals surface area contributed by atoms with Gasteiger partial charge in [-0.25, -0.2) is 4.98 Å². The van der Waals surface area contributed by atoms with Crippen molar-refractivity contribution in [3.05, 3.63) is 41.8 Å². The summed E-state index contributed by atoms with van der Waals surface area (Å²) in [6, 6.07) is 9.25. The lowest BCUT2D eigenvalue weighted by Gasteiger charge is -2.09. The van der Waals surface area contributed by atoms with Crippen LogP contribution in [-0.4, -0.2) is 21.9 Å². The van der Waals surface area contributed by atoms with Crippen molar-refractivity contribution in [2.24, 2.45) is 0 Å². The highest BCUT2D eigenvalue weighted by atomic mass is 16.7. The van der Waals surface area contributed by atoms with Crippen LogP contribution in [0.15, 0.2) is 34.9 Å². The maximum atomic E-state index is 5.38. The molecule has 24 heavy (non-hydrogen) atoms. The Bertz CT molecular complexity index is 893. The molecule has 0 saturated heterocycles. The van der Waals surface area contributed by atoms with Gasteiger partial charge in [-0.2, -0.15) is 4.98 Å². The molecule has 0 radical (unpaired) electrons. The summed E-state index contributed by atoms with van der Waals surface area (Å²) in [7, 11) is 0. The van der Waals surface area contributed by atoms with Crippen LogP contribution in [0.3, 0.4) is 0 Å². The van der Waals surface area contributed by atoms with Crippen LogP contribution in [-0.2, 0) is 0 Å². The summed E-state index contributed by atoms with van der Waals surface area (Å²) in [6.07, 6.45) is 0. The predicted molar refractivity (Wildman–Crippen MR) is 87.1 cm³/mol. The van der Waals surface area contributed by atoms with Crippen molar-refractivity contribution in [2.45, 2.75) is 13.8 Å². The van der Waals surface area contributed by atoms with Gasteiger partial charge in [0.15, 0.2) is 17.3 Å². The second-order valence-electron chi connectivity index (χ2n) is 5.36. The Kier molecular flexibility index (Phi) is 3.42. The van der Waals surface area contributed by atoms with Gasteiger partial charge in [0.2, 0.25) is 12.7 Å². The molecule has 0 fully saturated rings. The van der Waals surface area contributed by atoms with Crippen LogP contribution in [0.4, 0.5) is 23.3 Å². The number of nitrogens with zero attached hydrogens (tertiary/aromatic N) is 3. The first-order valence-corrected chi connectivity index (χ1v) is 7.38. The Morgan fingerprint density at radius 3 is 2.62 bits per heavy atom. The van der Waals surface area contributed by atoms with Crippen LogP contribution >= 0.6 is 0 Å². The molecule has 2 aromatic heterocycles. The van der Waals surface area contributed by atoms with Gasteiger partial charge in [-0.05, 0) is 26.0 Å². The summed E-state index contributed by atoms with van der Waals surface area (Å²) >= 11 is 0. The number of hydrogen-bond donors (Lipinski definition) is 2. The van der Waals surface area contributed by atoms with Gasteiger partial charge in [0.05, 0.1) is 0 Å². The molecule has 0 bridgehead atoms. The highest BCUT2D eigenvalue weighted by molar-refractivity contribution is 5.63. The van der Waals surface area contributed by atoms with E-state index in [1.807, 2.05) is 38.1 Å². The first kappa shape index (κ1) is 14.3. The molecule has 122 valence electrons.